The smallest absolute Gasteiger partial charge is 0.243 e. The Bertz CT molecular complexity index is 691. The van der Waals surface area contributed by atoms with Crippen molar-refractivity contribution >= 4 is 22.7 Å². The van der Waals surface area contributed by atoms with Crippen LogP contribution in [0, 0.1) is 0 Å². The van der Waals surface area contributed by atoms with E-state index in [0.717, 1.165) is 11.0 Å². The fourth-order valence-corrected chi connectivity index (χ4v) is 1.74. The summed E-state index contributed by atoms with van der Waals surface area (Å²) in [7, 11) is 0. The van der Waals surface area contributed by atoms with E-state index in [-0.39, 0.29) is 0 Å². The van der Waals surface area contributed by atoms with Crippen LogP contribution in [0.4, 0.5) is 11.6 Å². The second kappa shape index (κ2) is 4.89. The molecule has 0 amide bonds. The Morgan fingerprint density at radius 1 is 1.16 bits per heavy atom. The average Bonchev–Trinajstić information content (AvgIpc) is 2.84. The van der Waals surface area contributed by atoms with Gasteiger partial charge in [-0.05, 0) is 12.1 Å². The summed E-state index contributed by atoms with van der Waals surface area (Å²) in [6.07, 6.45) is 3.40. The van der Waals surface area contributed by atoms with Crippen molar-refractivity contribution in [1.82, 2.24) is 25.0 Å². The number of anilines is 2. The van der Waals surface area contributed by atoms with Gasteiger partial charge in [0.05, 0.1) is 23.9 Å². The Morgan fingerprint density at radius 3 is 2.79 bits per heavy atom. The van der Waals surface area contributed by atoms with Gasteiger partial charge in [-0.3, -0.25) is 4.68 Å². The molecule has 3 N–H and O–H groups in total. The molecular formula is C12H13N7. The fourth-order valence-electron chi connectivity index (χ4n) is 1.74. The van der Waals surface area contributed by atoms with E-state index in [2.05, 4.69) is 25.6 Å². The number of aromatic nitrogens is 5. The number of rotatable bonds is 4. The van der Waals surface area contributed by atoms with Crippen molar-refractivity contribution in [3.05, 3.63) is 36.7 Å². The molecule has 0 saturated heterocycles. The zero-order valence-electron chi connectivity index (χ0n) is 10.2. The number of para-hydroxylation sites is 1. The van der Waals surface area contributed by atoms with Crippen LogP contribution in [0.5, 0.6) is 0 Å². The minimum atomic E-state index is 0.513. The van der Waals surface area contributed by atoms with Crippen LogP contribution >= 0.6 is 0 Å². The molecule has 2 aromatic heterocycles. The number of nitrogens with zero attached hydrogens (tertiary/aromatic N) is 5. The largest absolute Gasteiger partial charge is 0.396 e. The van der Waals surface area contributed by atoms with Gasteiger partial charge in [0, 0.05) is 12.7 Å². The van der Waals surface area contributed by atoms with E-state index >= 15 is 0 Å². The van der Waals surface area contributed by atoms with Crippen LogP contribution in [-0.2, 0) is 6.54 Å². The molecule has 1 aromatic carbocycles. The predicted octanol–water partition coefficient (Wildman–Crippen LogP) is 0.916. The minimum absolute atomic E-state index is 0.513. The summed E-state index contributed by atoms with van der Waals surface area (Å²) >= 11 is 0. The van der Waals surface area contributed by atoms with Crippen molar-refractivity contribution in [3.8, 4) is 0 Å². The number of nitrogen functional groups attached to an aromatic ring is 1. The standard InChI is InChI=1S/C12H13N7/c13-9-7-15-19(8-9)6-5-14-12-16-10-3-1-2-4-11(10)17-18-12/h1-4,7-8H,5-6,13H2,(H,14,16,18). The second-order valence-corrected chi connectivity index (χ2v) is 4.09. The Kier molecular flexibility index (Phi) is 2.93. The van der Waals surface area contributed by atoms with Crippen LogP contribution in [0.2, 0.25) is 0 Å². The van der Waals surface area contributed by atoms with Crippen LogP contribution in [0.1, 0.15) is 0 Å². The zero-order chi connectivity index (χ0) is 13.1. The minimum Gasteiger partial charge on any atom is -0.396 e. The highest BCUT2D eigenvalue weighted by atomic mass is 15.3. The van der Waals surface area contributed by atoms with Crippen molar-refractivity contribution < 1.29 is 0 Å². The molecule has 0 spiro atoms. The Morgan fingerprint density at radius 2 is 2.00 bits per heavy atom. The van der Waals surface area contributed by atoms with Crippen molar-refractivity contribution in [2.75, 3.05) is 17.6 Å². The molecule has 0 bridgehead atoms. The quantitative estimate of drug-likeness (QED) is 0.719. The van der Waals surface area contributed by atoms with E-state index in [1.165, 1.54) is 0 Å². The van der Waals surface area contributed by atoms with Crippen LogP contribution in [0.3, 0.4) is 0 Å². The Labute approximate surface area is 109 Å². The van der Waals surface area contributed by atoms with E-state index in [9.17, 15) is 0 Å². The fraction of sp³-hybridized carbons (Fsp3) is 0.167. The average molecular weight is 255 g/mol. The molecular weight excluding hydrogens is 242 g/mol. The molecule has 3 rings (SSSR count). The van der Waals surface area contributed by atoms with E-state index in [1.54, 1.807) is 17.1 Å². The summed E-state index contributed by atoms with van der Waals surface area (Å²) in [5.74, 6) is 0.513. The van der Waals surface area contributed by atoms with E-state index < -0.39 is 0 Å². The lowest BCUT2D eigenvalue weighted by atomic mass is 10.3. The SMILES string of the molecule is Nc1cnn(CCNc2nnc3ccccc3n2)c1. The van der Waals surface area contributed by atoms with E-state index in [1.807, 2.05) is 24.3 Å². The second-order valence-electron chi connectivity index (χ2n) is 4.09. The zero-order valence-corrected chi connectivity index (χ0v) is 10.2. The van der Waals surface area contributed by atoms with Gasteiger partial charge >= 0.3 is 0 Å². The number of nitrogens with one attached hydrogen (secondary N) is 1. The molecule has 7 heteroatoms. The lowest BCUT2D eigenvalue weighted by molar-refractivity contribution is 0.636. The molecule has 0 saturated carbocycles. The molecule has 3 aromatic rings. The Hall–Kier alpha value is -2.70. The first-order valence-corrected chi connectivity index (χ1v) is 5.92. The molecule has 0 fully saturated rings. The van der Waals surface area contributed by atoms with Crippen molar-refractivity contribution in [2.45, 2.75) is 6.54 Å². The third-order valence-electron chi connectivity index (χ3n) is 2.64. The maximum atomic E-state index is 5.59. The number of hydrogen-bond donors (Lipinski definition) is 2. The monoisotopic (exact) mass is 255 g/mol. The lowest BCUT2D eigenvalue weighted by Gasteiger charge is -2.04. The molecule has 96 valence electrons. The molecule has 7 nitrogen and oxygen atoms in total. The molecule has 0 aliphatic heterocycles. The van der Waals surface area contributed by atoms with Crippen LogP contribution in [-0.4, -0.2) is 31.5 Å². The van der Waals surface area contributed by atoms with Gasteiger partial charge in [-0.15, -0.1) is 10.2 Å². The number of benzene rings is 1. The number of nitrogens with two attached hydrogens (primary N) is 1. The van der Waals surface area contributed by atoms with Gasteiger partial charge in [0.25, 0.3) is 0 Å². The summed E-state index contributed by atoms with van der Waals surface area (Å²) < 4.78 is 1.76. The third-order valence-corrected chi connectivity index (χ3v) is 2.64. The maximum absolute atomic E-state index is 5.59. The van der Waals surface area contributed by atoms with Crippen LogP contribution in [0.15, 0.2) is 36.7 Å². The van der Waals surface area contributed by atoms with Gasteiger partial charge in [-0.2, -0.15) is 5.10 Å². The van der Waals surface area contributed by atoms with Crippen LogP contribution in [0.25, 0.3) is 11.0 Å². The van der Waals surface area contributed by atoms with Crippen molar-refractivity contribution in [3.63, 3.8) is 0 Å². The first kappa shape index (κ1) is 11.4. The molecule has 0 radical (unpaired) electrons. The molecule has 0 unspecified atom stereocenters. The summed E-state index contributed by atoms with van der Waals surface area (Å²) in [4.78, 5) is 4.37. The Balaban J connectivity index is 1.65. The highest BCUT2D eigenvalue weighted by Gasteiger charge is 2.00. The summed E-state index contributed by atoms with van der Waals surface area (Å²) in [5, 5.41) is 15.3. The van der Waals surface area contributed by atoms with E-state index in [4.69, 9.17) is 5.73 Å². The summed E-state index contributed by atoms with van der Waals surface area (Å²) in [5.41, 5.74) is 7.85. The highest BCUT2D eigenvalue weighted by molar-refractivity contribution is 5.73. The predicted molar refractivity (Wildman–Crippen MR) is 72.5 cm³/mol. The molecule has 2 heterocycles. The highest BCUT2D eigenvalue weighted by Crippen LogP contribution is 2.08. The molecule has 19 heavy (non-hydrogen) atoms. The molecule has 0 aliphatic carbocycles. The lowest BCUT2D eigenvalue weighted by Crippen LogP contribution is -2.13. The maximum Gasteiger partial charge on any atom is 0.243 e. The van der Waals surface area contributed by atoms with E-state index in [0.29, 0.717) is 24.7 Å². The molecule has 0 atom stereocenters. The summed E-state index contributed by atoms with van der Waals surface area (Å²) in [6, 6.07) is 7.62. The van der Waals surface area contributed by atoms with Gasteiger partial charge < -0.3 is 11.1 Å². The first-order chi connectivity index (χ1) is 9.31. The number of hydrogen-bond acceptors (Lipinski definition) is 6. The first-order valence-electron chi connectivity index (χ1n) is 5.92. The van der Waals surface area contributed by atoms with Gasteiger partial charge in [0.2, 0.25) is 5.95 Å². The van der Waals surface area contributed by atoms with Crippen molar-refractivity contribution in [2.24, 2.45) is 0 Å². The summed E-state index contributed by atoms with van der Waals surface area (Å²) in [6.45, 7) is 1.34. The van der Waals surface area contributed by atoms with Crippen LogP contribution < -0.4 is 11.1 Å². The van der Waals surface area contributed by atoms with Gasteiger partial charge in [0.1, 0.15) is 5.52 Å². The van der Waals surface area contributed by atoms with Crippen molar-refractivity contribution in [1.29, 1.82) is 0 Å². The topological polar surface area (TPSA) is 94.5 Å². The number of fused-ring (bicyclic) bond motifs is 1. The normalized spacial score (nSPS) is 10.7. The third kappa shape index (κ3) is 2.59. The van der Waals surface area contributed by atoms with Gasteiger partial charge in [-0.25, -0.2) is 4.98 Å². The van der Waals surface area contributed by atoms with Gasteiger partial charge in [-0.1, -0.05) is 12.1 Å². The van der Waals surface area contributed by atoms with Gasteiger partial charge in [0.15, 0.2) is 0 Å². The molecule has 0 aliphatic rings.